The molecule has 0 spiro atoms. The number of thiophene rings is 1. The fraction of sp³-hybridized carbons (Fsp3) is 0.385. The van der Waals surface area contributed by atoms with E-state index < -0.39 is 0 Å². The monoisotopic (exact) mass is 528 g/mol. The molecule has 0 saturated carbocycles. The lowest BCUT2D eigenvalue weighted by Gasteiger charge is -2.33. The second-order valence-electron chi connectivity index (χ2n) is 9.40. The van der Waals surface area contributed by atoms with Gasteiger partial charge in [0.2, 0.25) is 0 Å². The summed E-state index contributed by atoms with van der Waals surface area (Å²) in [5.74, 6) is 1.94. The molecule has 1 atom stereocenters. The summed E-state index contributed by atoms with van der Waals surface area (Å²) >= 11 is 5.15. The molecule has 1 N–H and O–H groups in total. The second kappa shape index (κ2) is 9.85. The summed E-state index contributed by atoms with van der Waals surface area (Å²) < 4.78 is 11.8. The standard InChI is InChI=1S/C26H29BrN2O3S/c1-26(2,3)17-7-9-20-22(13-17)33-25(23(20)24(30)28-15-19-6-5-11-32-19)29-14-16-12-18(27)8-10-21(16)31-4/h5-6,8,10-12,14,17H,7,9,13,15H2,1-4H3,(H,28,30)/t17-/m1/s1. The van der Waals surface area contributed by atoms with Crippen LogP contribution in [0.5, 0.6) is 5.75 Å². The minimum Gasteiger partial charge on any atom is -0.496 e. The number of nitrogens with one attached hydrogen (secondary N) is 1. The van der Waals surface area contributed by atoms with Gasteiger partial charge in [0.15, 0.2) is 0 Å². The molecule has 4 rings (SSSR count). The van der Waals surface area contributed by atoms with E-state index >= 15 is 0 Å². The molecule has 7 heteroatoms. The zero-order valence-electron chi connectivity index (χ0n) is 19.4. The largest absolute Gasteiger partial charge is 0.496 e. The van der Waals surface area contributed by atoms with Crippen molar-refractivity contribution in [2.45, 2.75) is 46.6 Å². The van der Waals surface area contributed by atoms with Crippen LogP contribution in [0.2, 0.25) is 0 Å². The molecule has 33 heavy (non-hydrogen) atoms. The molecule has 174 valence electrons. The Bertz CT molecular complexity index is 1160. The smallest absolute Gasteiger partial charge is 0.255 e. The molecule has 1 aromatic carbocycles. The SMILES string of the molecule is COc1ccc(Br)cc1C=Nc1sc2c(c1C(=O)NCc1ccco1)CC[C@@H](C(C)(C)C)C2. The lowest BCUT2D eigenvalue weighted by molar-refractivity contribution is 0.0947. The van der Waals surface area contributed by atoms with Crippen LogP contribution in [-0.4, -0.2) is 19.2 Å². The van der Waals surface area contributed by atoms with Gasteiger partial charge in [-0.15, -0.1) is 11.3 Å². The summed E-state index contributed by atoms with van der Waals surface area (Å²) in [5, 5.41) is 3.76. The van der Waals surface area contributed by atoms with Crippen LogP contribution < -0.4 is 10.1 Å². The third-order valence-corrected chi connectivity index (χ3v) is 7.87. The van der Waals surface area contributed by atoms with Crippen LogP contribution in [-0.2, 0) is 19.4 Å². The maximum Gasteiger partial charge on any atom is 0.255 e. The Labute approximate surface area is 207 Å². The van der Waals surface area contributed by atoms with Crippen LogP contribution in [0.1, 0.15) is 59.3 Å². The molecule has 3 aromatic rings. The summed E-state index contributed by atoms with van der Waals surface area (Å²) in [6.07, 6.45) is 6.35. The van der Waals surface area contributed by atoms with Crippen molar-refractivity contribution in [2.24, 2.45) is 16.3 Å². The van der Waals surface area contributed by atoms with Gasteiger partial charge in [0, 0.05) is 21.1 Å². The summed E-state index contributed by atoms with van der Waals surface area (Å²) in [6, 6.07) is 9.47. The molecule has 0 radical (unpaired) electrons. The van der Waals surface area contributed by atoms with Crippen LogP contribution >= 0.6 is 27.3 Å². The van der Waals surface area contributed by atoms with Crippen molar-refractivity contribution in [1.82, 2.24) is 5.32 Å². The van der Waals surface area contributed by atoms with Gasteiger partial charge in [-0.25, -0.2) is 4.99 Å². The Balaban J connectivity index is 1.68. The number of furan rings is 1. The van der Waals surface area contributed by atoms with E-state index in [4.69, 9.17) is 14.1 Å². The van der Waals surface area contributed by atoms with Crippen LogP contribution in [0, 0.1) is 11.3 Å². The Hall–Kier alpha value is -2.38. The maximum atomic E-state index is 13.3. The highest BCUT2D eigenvalue weighted by atomic mass is 79.9. The fourth-order valence-electron chi connectivity index (χ4n) is 4.24. The fourth-order valence-corrected chi connectivity index (χ4v) is 5.89. The quantitative estimate of drug-likeness (QED) is 0.352. The van der Waals surface area contributed by atoms with Crippen molar-refractivity contribution in [1.29, 1.82) is 0 Å². The third kappa shape index (κ3) is 5.41. The molecule has 5 nitrogen and oxygen atoms in total. The number of aliphatic imine (C=N–C) groups is 1. The molecule has 0 bridgehead atoms. The van der Waals surface area contributed by atoms with Crippen LogP contribution in [0.4, 0.5) is 5.00 Å². The minimum absolute atomic E-state index is 0.105. The first-order valence-electron chi connectivity index (χ1n) is 11.1. The maximum absolute atomic E-state index is 13.3. The van der Waals surface area contributed by atoms with E-state index in [1.54, 1.807) is 30.9 Å². The van der Waals surface area contributed by atoms with E-state index in [1.807, 2.05) is 30.3 Å². The van der Waals surface area contributed by atoms with Gasteiger partial charge in [-0.05, 0) is 66.5 Å². The normalized spacial score (nSPS) is 16.1. The first-order valence-corrected chi connectivity index (χ1v) is 12.7. The molecule has 2 aromatic heterocycles. The molecule has 2 heterocycles. The van der Waals surface area contributed by atoms with E-state index in [0.717, 1.165) is 51.4 Å². The third-order valence-electron chi connectivity index (χ3n) is 6.21. The number of carbonyl (C=O) groups is 1. The predicted molar refractivity (Wildman–Crippen MR) is 137 cm³/mol. The summed E-state index contributed by atoms with van der Waals surface area (Å²) in [6.45, 7) is 7.24. The Morgan fingerprint density at radius 3 is 2.88 bits per heavy atom. The van der Waals surface area contributed by atoms with Crippen molar-refractivity contribution < 1.29 is 13.9 Å². The molecular formula is C26H29BrN2O3S. The van der Waals surface area contributed by atoms with Gasteiger partial charge >= 0.3 is 0 Å². The Morgan fingerprint density at radius 2 is 2.18 bits per heavy atom. The lowest BCUT2D eigenvalue weighted by atomic mass is 9.72. The topological polar surface area (TPSA) is 63.8 Å². The van der Waals surface area contributed by atoms with Gasteiger partial charge in [-0.2, -0.15) is 0 Å². The Kier molecular flexibility index (Phi) is 7.10. The molecule has 0 aliphatic heterocycles. The summed E-state index contributed by atoms with van der Waals surface area (Å²) in [4.78, 5) is 19.4. The van der Waals surface area contributed by atoms with Gasteiger partial charge in [0.25, 0.3) is 5.91 Å². The van der Waals surface area contributed by atoms with Gasteiger partial charge in [-0.1, -0.05) is 36.7 Å². The average molecular weight is 530 g/mol. The van der Waals surface area contributed by atoms with E-state index in [2.05, 4.69) is 42.0 Å². The summed E-state index contributed by atoms with van der Waals surface area (Å²) in [5.41, 5.74) is 2.92. The van der Waals surface area contributed by atoms with E-state index in [9.17, 15) is 4.79 Å². The molecule has 0 unspecified atom stereocenters. The predicted octanol–water partition coefficient (Wildman–Crippen LogP) is 6.94. The highest BCUT2D eigenvalue weighted by Crippen LogP contribution is 2.45. The van der Waals surface area contributed by atoms with Gasteiger partial charge in [0.05, 0.1) is 25.5 Å². The van der Waals surface area contributed by atoms with Gasteiger partial charge < -0.3 is 14.5 Å². The van der Waals surface area contributed by atoms with Crippen molar-refractivity contribution in [3.8, 4) is 5.75 Å². The zero-order valence-corrected chi connectivity index (χ0v) is 21.8. The number of halogens is 1. The molecule has 0 saturated heterocycles. The number of fused-ring (bicyclic) bond motifs is 1. The molecule has 1 amide bonds. The first-order chi connectivity index (χ1) is 15.8. The van der Waals surface area contributed by atoms with Crippen molar-refractivity contribution in [3.63, 3.8) is 0 Å². The minimum atomic E-state index is -0.105. The number of methoxy groups -OCH3 is 1. The lowest BCUT2D eigenvalue weighted by Crippen LogP contribution is -2.28. The second-order valence-corrected chi connectivity index (χ2v) is 11.4. The van der Waals surface area contributed by atoms with Crippen LogP contribution in [0.3, 0.4) is 0 Å². The van der Waals surface area contributed by atoms with Crippen molar-refractivity contribution in [2.75, 3.05) is 7.11 Å². The highest BCUT2D eigenvalue weighted by molar-refractivity contribution is 9.10. The van der Waals surface area contributed by atoms with Crippen LogP contribution in [0.15, 0.2) is 50.5 Å². The molecule has 1 aliphatic rings. The van der Waals surface area contributed by atoms with Gasteiger partial charge in [0.1, 0.15) is 16.5 Å². The van der Waals surface area contributed by atoms with E-state index in [1.165, 1.54) is 4.88 Å². The number of rotatable bonds is 6. The number of benzene rings is 1. The van der Waals surface area contributed by atoms with Gasteiger partial charge in [-0.3, -0.25) is 4.79 Å². The number of hydrogen-bond acceptors (Lipinski definition) is 5. The number of ether oxygens (including phenoxy) is 1. The molecule has 1 aliphatic carbocycles. The zero-order chi connectivity index (χ0) is 23.6. The van der Waals surface area contributed by atoms with Crippen LogP contribution in [0.25, 0.3) is 0 Å². The average Bonchev–Trinajstić information content (AvgIpc) is 3.42. The highest BCUT2D eigenvalue weighted by Gasteiger charge is 2.33. The van der Waals surface area contributed by atoms with Crippen molar-refractivity contribution in [3.05, 3.63) is 68.4 Å². The summed E-state index contributed by atoms with van der Waals surface area (Å²) in [7, 11) is 1.64. The molecule has 0 fully saturated rings. The number of carbonyl (C=O) groups excluding carboxylic acids is 1. The van der Waals surface area contributed by atoms with E-state index in [0.29, 0.717) is 18.0 Å². The number of amides is 1. The number of hydrogen-bond donors (Lipinski definition) is 1. The first kappa shape index (κ1) is 23.8. The van der Waals surface area contributed by atoms with Crippen molar-refractivity contribution >= 4 is 44.4 Å². The number of nitrogens with zero attached hydrogens (tertiary/aromatic N) is 1. The van der Waals surface area contributed by atoms with E-state index in [-0.39, 0.29) is 11.3 Å². The molecular weight excluding hydrogens is 500 g/mol. The Morgan fingerprint density at radius 1 is 1.36 bits per heavy atom.